The van der Waals surface area contributed by atoms with Gasteiger partial charge in [0.05, 0.1) is 5.25 Å². The van der Waals surface area contributed by atoms with Crippen molar-refractivity contribution in [1.82, 2.24) is 19.8 Å². The Hall–Kier alpha value is -2.29. The molecule has 3 rings (SSSR count). The lowest BCUT2D eigenvalue weighted by molar-refractivity contribution is -0.132. The summed E-state index contributed by atoms with van der Waals surface area (Å²) in [7, 11) is 0. The molecule has 0 saturated carbocycles. The van der Waals surface area contributed by atoms with Gasteiger partial charge in [0.1, 0.15) is 18.2 Å². The van der Waals surface area contributed by atoms with Crippen molar-refractivity contribution in [3.63, 3.8) is 0 Å². The molecule has 0 aliphatic carbocycles. The van der Waals surface area contributed by atoms with Crippen LogP contribution in [0.25, 0.3) is 0 Å². The smallest absolute Gasteiger partial charge is 0.235 e. The van der Waals surface area contributed by atoms with E-state index in [1.807, 2.05) is 11.8 Å². The van der Waals surface area contributed by atoms with Crippen LogP contribution >= 0.6 is 11.8 Å². The quantitative estimate of drug-likeness (QED) is 0.585. The average Bonchev–Trinajstić information content (AvgIpc) is 2.99. The Morgan fingerprint density at radius 3 is 2.57 bits per heavy atom. The van der Waals surface area contributed by atoms with Gasteiger partial charge in [0, 0.05) is 13.1 Å². The van der Waals surface area contributed by atoms with E-state index in [4.69, 9.17) is 10.6 Å². The Kier molecular flexibility index (Phi) is 6.43. The number of likely N-dealkylation sites (tertiary alicyclic amines) is 1. The fourth-order valence-corrected chi connectivity index (χ4v) is 4.35. The lowest BCUT2D eigenvalue weighted by atomic mass is 9.92. The van der Waals surface area contributed by atoms with Crippen LogP contribution in [0, 0.1) is 17.7 Å². The van der Waals surface area contributed by atoms with E-state index < -0.39 is 0 Å². The third-order valence-corrected chi connectivity index (χ3v) is 5.77. The zero-order valence-electron chi connectivity index (χ0n) is 16.3. The summed E-state index contributed by atoms with van der Waals surface area (Å²) in [6.07, 6.45) is 1.15. The fraction of sp³-hybridized carbons (Fsp3) is 0.526. The average molecular weight is 408 g/mol. The Balaban J connectivity index is 1.58. The van der Waals surface area contributed by atoms with Crippen LogP contribution in [0.4, 0.5) is 4.39 Å². The summed E-state index contributed by atoms with van der Waals surface area (Å²) in [4.78, 5) is 14.7. The Labute approximate surface area is 168 Å². The molecule has 1 amide bonds. The minimum atomic E-state index is -0.329. The molecule has 9 heteroatoms. The molecule has 2 heterocycles. The van der Waals surface area contributed by atoms with E-state index in [1.54, 1.807) is 0 Å². The zero-order chi connectivity index (χ0) is 20.3. The van der Waals surface area contributed by atoms with Crippen LogP contribution in [-0.2, 0) is 11.4 Å². The second-order valence-electron chi connectivity index (χ2n) is 7.46. The van der Waals surface area contributed by atoms with Crippen LogP contribution in [0.2, 0.25) is 0 Å². The summed E-state index contributed by atoms with van der Waals surface area (Å²) in [6, 6.07) is 5.70. The van der Waals surface area contributed by atoms with E-state index >= 15 is 0 Å². The first kappa shape index (κ1) is 20.4. The van der Waals surface area contributed by atoms with Gasteiger partial charge in [0.15, 0.2) is 5.82 Å². The highest BCUT2D eigenvalue weighted by Gasteiger charge is 2.29. The predicted molar refractivity (Wildman–Crippen MR) is 106 cm³/mol. The van der Waals surface area contributed by atoms with Gasteiger partial charge in [-0.1, -0.05) is 25.6 Å². The van der Waals surface area contributed by atoms with Crippen LogP contribution in [0.15, 0.2) is 29.4 Å². The summed E-state index contributed by atoms with van der Waals surface area (Å²) < 4.78 is 19.8. The number of benzene rings is 1. The molecule has 0 bridgehead atoms. The predicted octanol–water partition coefficient (Wildman–Crippen LogP) is 2.70. The molecule has 1 aromatic carbocycles. The molecule has 3 unspecified atom stereocenters. The van der Waals surface area contributed by atoms with Crippen molar-refractivity contribution < 1.29 is 13.9 Å². The van der Waals surface area contributed by atoms with Crippen molar-refractivity contribution in [1.29, 1.82) is 0 Å². The monoisotopic (exact) mass is 407 g/mol. The maximum absolute atomic E-state index is 12.9. The SMILES string of the molecule is CC1CC(C)CN(C(=O)C(C)Sc2nnc(COc3ccc(F)cc3)n2N)C1. The summed E-state index contributed by atoms with van der Waals surface area (Å²) in [5, 5.41) is 8.27. The van der Waals surface area contributed by atoms with Crippen molar-refractivity contribution >= 4 is 17.7 Å². The van der Waals surface area contributed by atoms with Gasteiger partial charge in [-0.05, 0) is 49.4 Å². The molecule has 0 spiro atoms. The third-order valence-electron chi connectivity index (χ3n) is 4.73. The maximum atomic E-state index is 12.9. The van der Waals surface area contributed by atoms with E-state index in [1.165, 1.54) is 40.7 Å². The number of amides is 1. The molecule has 1 fully saturated rings. The number of aromatic nitrogens is 3. The maximum Gasteiger partial charge on any atom is 0.235 e. The van der Waals surface area contributed by atoms with Gasteiger partial charge in [0.25, 0.3) is 0 Å². The van der Waals surface area contributed by atoms with Crippen molar-refractivity contribution in [3.05, 3.63) is 35.9 Å². The van der Waals surface area contributed by atoms with Crippen molar-refractivity contribution in [2.75, 3.05) is 18.9 Å². The van der Waals surface area contributed by atoms with E-state index in [0.717, 1.165) is 19.5 Å². The Morgan fingerprint density at radius 1 is 1.29 bits per heavy atom. The van der Waals surface area contributed by atoms with E-state index in [0.29, 0.717) is 28.6 Å². The van der Waals surface area contributed by atoms with E-state index in [9.17, 15) is 9.18 Å². The van der Waals surface area contributed by atoms with Gasteiger partial charge >= 0.3 is 0 Å². The van der Waals surface area contributed by atoms with E-state index in [-0.39, 0.29) is 23.6 Å². The van der Waals surface area contributed by atoms with Gasteiger partial charge in [-0.3, -0.25) is 4.79 Å². The number of ether oxygens (including phenoxy) is 1. The molecule has 1 aliphatic heterocycles. The fourth-order valence-electron chi connectivity index (χ4n) is 3.47. The number of thioether (sulfide) groups is 1. The third kappa shape index (κ3) is 4.95. The topological polar surface area (TPSA) is 86.3 Å². The molecule has 1 aromatic heterocycles. The number of hydrogen-bond acceptors (Lipinski definition) is 6. The van der Waals surface area contributed by atoms with Crippen LogP contribution in [-0.4, -0.2) is 44.0 Å². The molecule has 7 nitrogen and oxygen atoms in total. The number of piperidine rings is 1. The molecule has 152 valence electrons. The van der Waals surface area contributed by atoms with Crippen LogP contribution in [0.5, 0.6) is 5.75 Å². The summed E-state index contributed by atoms with van der Waals surface area (Å²) in [5.41, 5.74) is 0. The Bertz CT molecular complexity index is 803. The van der Waals surface area contributed by atoms with Crippen LogP contribution in [0.1, 0.15) is 33.0 Å². The second-order valence-corrected chi connectivity index (χ2v) is 8.77. The molecular weight excluding hydrogens is 381 g/mol. The molecule has 28 heavy (non-hydrogen) atoms. The van der Waals surface area contributed by atoms with E-state index in [2.05, 4.69) is 24.0 Å². The van der Waals surface area contributed by atoms with Gasteiger partial charge in [-0.2, -0.15) is 0 Å². The number of nitrogen functional groups attached to an aromatic ring is 1. The number of nitrogens with two attached hydrogens (primary N) is 1. The number of carbonyl (C=O) groups is 1. The summed E-state index contributed by atoms with van der Waals surface area (Å²) >= 11 is 1.29. The number of carbonyl (C=O) groups excluding carboxylic acids is 1. The first-order valence-corrected chi connectivity index (χ1v) is 10.2. The normalized spacial score (nSPS) is 20.8. The first-order valence-electron chi connectivity index (χ1n) is 9.36. The van der Waals surface area contributed by atoms with Gasteiger partial charge < -0.3 is 15.5 Å². The molecule has 1 saturated heterocycles. The van der Waals surface area contributed by atoms with Gasteiger partial charge in [-0.15, -0.1) is 10.2 Å². The highest BCUT2D eigenvalue weighted by Crippen LogP contribution is 2.26. The number of hydrogen-bond donors (Lipinski definition) is 1. The Morgan fingerprint density at radius 2 is 1.93 bits per heavy atom. The van der Waals surface area contributed by atoms with Crippen molar-refractivity contribution in [2.45, 2.75) is 44.2 Å². The summed E-state index contributed by atoms with van der Waals surface area (Å²) in [5.74, 6) is 7.79. The van der Waals surface area contributed by atoms with Gasteiger partial charge in [0.2, 0.25) is 11.1 Å². The van der Waals surface area contributed by atoms with Gasteiger partial charge in [-0.25, -0.2) is 9.07 Å². The summed E-state index contributed by atoms with van der Waals surface area (Å²) in [6.45, 7) is 7.90. The molecule has 2 aromatic rings. The number of nitrogens with zero attached hydrogens (tertiary/aromatic N) is 4. The first-order chi connectivity index (χ1) is 13.3. The van der Waals surface area contributed by atoms with Crippen LogP contribution in [0.3, 0.4) is 0 Å². The standard InChI is InChI=1S/C19H26FN5O2S/c1-12-8-13(2)10-24(9-12)18(26)14(3)28-19-23-22-17(25(19)21)11-27-16-6-4-15(20)5-7-16/h4-7,12-14H,8-11,21H2,1-3H3. The lowest BCUT2D eigenvalue weighted by Crippen LogP contribution is -2.45. The number of rotatable bonds is 6. The second kappa shape index (κ2) is 8.81. The van der Waals surface area contributed by atoms with Crippen LogP contribution < -0.4 is 10.6 Å². The zero-order valence-corrected chi connectivity index (χ0v) is 17.2. The largest absolute Gasteiger partial charge is 0.486 e. The van der Waals surface area contributed by atoms with Crippen molar-refractivity contribution in [3.8, 4) is 5.75 Å². The number of halogens is 1. The lowest BCUT2D eigenvalue weighted by Gasteiger charge is -2.36. The minimum absolute atomic E-state index is 0.0931. The highest BCUT2D eigenvalue weighted by molar-refractivity contribution is 8.00. The minimum Gasteiger partial charge on any atom is -0.486 e. The molecule has 2 N–H and O–H groups in total. The molecule has 1 aliphatic rings. The van der Waals surface area contributed by atoms with Crippen molar-refractivity contribution in [2.24, 2.45) is 11.8 Å². The molecular formula is C19H26FN5O2S. The highest BCUT2D eigenvalue weighted by atomic mass is 32.2. The molecule has 3 atom stereocenters. The molecule has 0 radical (unpaired) electrons.